The quantitative estimate of drug-likeness (QED) is 0.692. The van der Waals surface area contributed by atoms with Crippen LogP contribution in [0.3, 0.4) is 0 Å². The Kier molecular flexibility index (Phi) is 4.65. The van der Waals surface area contributed by atoms with Crippen molar-refractivity contribution < 1.29 is 4.52 Å². The first kappa shape index (κ1) is 16.4. The van der Waals surface area contributed by atoms with Crippen LogP contribution < -0.4 is 4.90 Å². The minimum atomic E-state index is 0.0734. The van der Waals surface area contributed by atoms with Gasteiger partial charge in [-0.25, -0.2) is 9.97 Å². The molecule has 25 heavy (non-hydrogen) atoms. The SMILES string of the molecule is CC(c1nc(-c2cccs2)no1)N1CCN(c2ncncc2Cl)CC1. The Hall–Kier alpha value is -2.03. The molecule has 0 radical (unpaired) electrons. The molecule has 1 fully saturated rings. The molecule has 0 saturated carbocycles. The van der Waals surface area contributed by atoms with Gasteiger partial charge in [0.05, 0.1) is 17.1 Å². The fourth-order valence-corrected chi connectivity index (χ4v) is 3.80. The molecule has 0 aliphatic carbocycles. The first-order chi connectivity index (χ1) is 12.2. The van der Waals surface area contributed by atoms with Crippen molar-refractivity contribution in [3.63, 3.8) is 0 Å². The van der Waals surface area contributed by atoms with Crippen molar-refractivity contribution in [2.24, 2.45) is 0 Å². The summed E-state index contributed by atoms with van der Waals surface area (Å²) in [5.74, 6) is 2.10. The molecule has 4 heterocycles. The van der Waals surface area contributed by atoms with Gasteiger partial charge in [0, 0.05) is 26.2 Å². The van der Waals surface area contributed by atoms with E-state index in [1.807, 2.05) is 17.5 Å². The van der Waals surface area contributed by atoms with Gasteiger partial charge in [0.25, 0.3) is 0 Å². The van der Waals surface area contributed by atoms with E-state index in [1.165, 1.54) is 6.33 Å². The van der Waals surface area contributed by atoms with Crippen molar-refractivity contribution in [2.45, 2.75) is 13.0 Å². The van der Waals surface area contributed by atoms with E-state index in [9.17, 15) is 0 Å². The van der Waals surface area contributed by atoms with Crippen molar-refractivity contribution in [2.75, 3.05) is 31.1 Å². The van der Waals surface area contributed by atoms with Gasteiger partial charge in [0.15, 0.2) is 5.82 Å². The second kappa shape index (κ2) is 7.07. The predicted molar refractivity (Wildman–Crippen MR) is 96.9 cm³/mol. The van der Waals surface area contributed by atoms with E-state index in [4.69, 9.17) is 16.1 Å². The second-order valence-corrected chi connectivity index (χ2v) is 7.18. The maximum atomic E-state index is 6.19. The molecule has 9 heteroatoms. The third-order valence-corrected chi connectivity index (χ3v) is 5.48. The number of thiophene rings is 1. The summed E-state index contributed by atoms with van der Waals surface area (Å²) in [6.45, 7) is 5.52. The van der Waals surface area contributed by atoms with E-state index in [-0.39, 0.29) is 6.04 Å². The molecule has 0 spiro atoms. The normalized spacial score (nSPS) is 17.0. The molecular formula is C16H17ClN6OS. The summed E-state index contributed by atoms with van der Waals surface area (Å²) >= 11 is 7.80. The number of rotatable bonds is 4. The third-order valence-electron chi connectivity index (χ3n) is 4.35. The summed E-state index contributed by atoms with van der Waals surface area (Å²) in [5, 5.41) is 6.69. The zero-order valence-electron chi connectivity index (χ0n) is 13.7. The monoisotopic (exact) mass is 376 g/mol. The summed E-state index contributed by atoms with van der Waals surface area (Å²) < 4.78 is 5.48. The smallest absolute Gasteiger partial charge is 0.244 e. The Morgan fingerprint density at radius 3 is 2.84 bits per heavy atom. The minimum absolute atomic E-state index is 0.0734. The molecule has 0 aromatic carbocycles. The van der Waals surface area contributed by atoms with Gasteiger partial charge in [0.2, 0.25) is 11.7 Å². The molecular weight excluding hydrogens is 360 g/mol. The highest BCUT2D eigenvalue weighted by Crippen LogP contribution is 2.27. The molecule has 0 amide bonds. The maximum Gasteiger partial charge on any atom is 0.244 e. The topological polar surface area (TPSA) is 71.2 Å². The van der Waals surface area contributed by atoms with Gasteiger partial charge in [-0.2, -0.15) is 4.98 Å². The van der Waals surface area contributed by atoms with Gasteiger partial charge in [-0.15, -0.1) is 11.3 Å². The fourth-order valence-electron chi connectivity index (χ4n) is 2.93. The molecule has 0 bridgehead atoms. The lowest BCUT2D eigenvalue weighted by atomic mass is 10.2. The van der Waals surface area contributed by atoms with Crippen molar-refractivity contribution in [1.29, 1.82) is 0 Å². The summed E-state index contributed by atoms with van der Waals surface area (Å²) in [5.41, 5.74) is 0. The fraction of sp³-hybridized carbons (Fsp3) is 0.375. The zero-order chi connectivity index (χ0) is 17.2. The largest absolute Gasteiger partial charge is 0.353 e. The standard InChI is InChI=1S/C16H17ClN6OS/c1-11(16-20-14(21-24-16)13-3-2-8-25-13)22-4-6-23(7-5-22)15-12(17)9-18-10-19-15/h2-3,8-11H,4-7H2,1H3. The summed E-state index contributed by atoms with van der Waals surface area (Å²) in [4.78, 5) is 18.3. The van der Waals surface area contributed by atoms with Crippen molar-refractivity contribution in [3.05, 3.63) is 41.0 Å². The van der Waals surface area contributed by atoms with Crippen LogP contribution in [0, 0.1) is 0 Å². The summed E-state index contributed by atoms with van der Waals surface area (Å²) in [6.07, 6.45) is 3.16. The number of halogens is 1. The van der Waals surface area contributed by atoms with Crippen LogP contribution in [0.25, 0.3) is 10.7 Å². The number of hydrogen-bond acceptors (Lipinski definition) is 8. The number of aromatic nitrogens is 4. The summed E-state index contributed by atoms with van der Waals surface area (Å²) in [7, 11) is 0. The molecule has 130 valence electrons. The molecule has 3 aromatic heterocycles. The van der Waals surface area contributed by atoms with Crippen molar-refractivity contribution in [3.8, 4) is 10.7 Å². The van der Waals surface area contributed by atoms with Crippen molar-refractivity contribution in [1.82, 2.24) is 25.0 Å². The van der Waals surface area contributed by atoms with Gasteiger partial charge >= 0.3 is 0 Å². The van der Waals surface area contributed by atoms with Gasteiger partial charge in [-0.1, -0.05) is 22.8 Å². The Morgan fingerprint density at radius 2 is 2.12 bits per heavy atom. The number of piperazine rings is 1. The van der Waals surface area contributed by atoms with Crippen LogP contribution in [0.4, 0.5) is 5.82 Å². The van der Waals surface area contributed by atoms with Crippen LogP contribution in [0.1, 0.15) is 18.9 Å². The van der Waals surface area contributed by atoms with Crippen LogP contribution in [0.2, 0.25) is 5.02 Å². The van der Waals surface area contributed by atoms with Crippen molar-refractivity contribution >= 4 is 28.8 Å². The molecule has 4 rings (SSSR count). The number of hydrogen-bond donors (Lipinski definition) is 0. The molecule has 0 N–H and O–H groups in total. The maximum absolute atomic E-state index is 6.19. The molecule has 1 saturated heterocycles. The molecule has 1 aliphatic rings. The van der Waals surface area contributed by atoms with E-state index < -0.39 is 0 Å². The zero-order valence-corrected chi connectivity index (χ0v) is 15.2. The number of nitrogens with zero attached hydrogens (tertiary/aromatic N) is 6. The average Bonchev–Trinajstić information content (AvgIpc) is 3.33. The molecule has 3 aromatic rings. The van der Waals surface area contributed by atoms with E-state index in [0.29, 0.717) is 16.7 Å². The second-order valence-electron chi connectivity index (χ2n) is 5.83. The Labute approximate surface area is 154 Å². The Balaban J connectivity index is 1.41. The number of anilines is 1. The van der Waals surface area contributed by atoms with Gasteiger partial charge in [-0.3, -0.25) is 4.90 Å². The molecule has 1 unspecified atom stereocenters. The van der Waals surface area contributed by atoms with E-state index >= 15 is 0 Å². The van der Waals surface area contributed by atoms with Crippen LogP contribution in [-0.2, 0) is 0 Å². The third kappa shape index (κ3) is 3.37. The van der Waals surface area contributed by atoms with Gasteiger partial charge in [-0.05, 0) is 18.4 Å². The Bertz CT molecular complexity index is 831. The minimum Gasteiger partial charge on any atom is -0.353 e. The highest BCUT2D eigenvalue weighted by atomic mass is 35.5. The Morgan fingerprint density at radius 1 is 1.28 bits per heavy atom. The highest BCUT2D eigenvalue weighted by Gasteiger charge is 2.27. The lowest BCUT2D eigenvalue weighted by molar-refractivity contribution is 0.164. The highest BCUT2D eigenvalue weighted by molar-refractivity contribution is 7.13. The van der Waals surface area contributed by atoms with E-state index in [0.717, 1.165) is 36.9 Å². The predicted octanol–water partition coefficient (Wildman–Crippen LogP) is 3.12. The molecule has 7 nitrogen and oxygen atoms in total. The van der Waals surface area contributed by atoms with Gasteiger partial charge < -0.3 is 9.42 Å². The van der Waals surface area contributed by atoms with E-state index in [2.05, 4.69) is 36.8 Å². The molecule has 1 atom stereocenters. The summed E-state index contributed by atoms with van der Waals surface area (Å²) in [6, 6.07) is 4.05. The van der Waals surface area contributed by atoms with Crippen LogP contribution in [0.5, 0.6) is 0 Å². The first-order valence-corrected chi connectivity index (χ1v) is 9.30. The molecule has 1 aliphatic heterocycles. The average molecular weight is 377 g/mol. The van der Waals surface area contributed by atoms with Crippen LogP contribution in [0.15, 0.2) is 34.6 Å². The van der Waals surface area contributed by atoms with E-state index in [1.54, 1.807) is 17.5 Å². The van der Waals surface area contributed by atoms with Gasteiger partial charge in [0.1, 0.15) is 11.3 Å². The lowest BCUT2D eigenvalue weighted by Gasteiger charge is -2.37. The van der Waals surface area contributed by atoms with Crippen LogP contribution >= 0.6 is 22.9 Å². The van der Waals surface area contributed by atoms with Crippen LogP contribution in [-0.4, -0.2) is 51.2 Å². The first-order valence-electron chi connectivity index (χ1n) is 8.04. The lowest BCUT2D eigenvalue weighted by Crippen LogP contribution is -2.47.